The predicted molar refractivity (Wildman–Crippen MR) is 471 cm³/mol. The molecule has 38 heteroatoms. The minimum absolute atomic E-state index is 0.0192. The van der Waals surface area contributed by atoms with Crippen molar-refractivity contribution in [3.8, 4) is 103 Å². The van der Waals surface area contributed by atoms with Crippen molar-refractivity contribution in [3.63, 3.8) is 0 Å². The molecular weight excluding hydrogens is 1710 g/mol. The van der Waals surface area contributed by atoms with Crippen LogP contribution in [0.3, 0.4) is 0 Å². The molecule has 15 rings (SSSR count). The highest BCUT2D eigenvalue weighted by molar-refractivity contribution is 6.61. The van der Waals surface area contributed by atoms with E-state index < -0.39 is 52.9 Å². The topological polar surface area (TPSA) is 419 Å². The second kappa shape index (κ2) is 47.1. The predicted octanol–water partition coefficient (Wildman–Crippen LogP) is 18.4. The highest BCUT2D eigenvalue weighted by Crippen LogP contribution is 2.43. The quantitative estimate of drug-likeness (QED) is 0.0158. The summed E-state index contributed by atoms with van der Waals surface area (Å²) in [7, 11) is 12.2. The minimum Gasteiger partial charge on any atom is -0.493 e. The Hall–Kier alpha value is -16.1. The summed E-state index contributed by atoms with van der Waals surface area (Å²) >= 11 is 4.95. The zero-order valence-electron chi connectivity index (χ0n) is 70.0. The molecular formula is C91H84ClF4N11O22. The zero-order valence-corrected chi connectivity index (χ0v) is 70.8. The van der Waals surface area contributed by atoms with Gasteiger partial charge in [-0.1, -0.05) is 36.4 Å². The number of ether oxygens (including phenoxy) is 15. The Kier molecular flexibility index (Phi) is 34.7. The van der Waals surface area contributed by atoms with E-state index in [0.29, 0.717) is 136 Å². The molecule has 10 N–H and O–H groups in total. The number of nitrogens with one attached hydrogen (secondary N) is 4. The van der Waals surface area contributed by atoms with Crippen molar-refractivity contribution in [3.05, 3.63) is 254 Å². The number of para-hydroxylation sites is 2. The number of rotatable bonds is 24. The molecule has 6 amide bonds. The number of aliphatic hydroxyl groups is 2. The normalized spacial score (nSPS) is 10.9. The first-order chi connectivity index (χ1) is 62.4. The van der Waals surface area contributed by atoms with Crippen LogP contribution in [-0.4, -0.2) is 161 Å². The highest BCUT2D eigenvalue weighted by atomic mass is 35.5. The van der Waals surface area contributed by atoms with Crippen LogP contribution in [0.4, 0.5) is 64.3 Å². The van der Waals surface area contributed by atoms with Crippen LogP contribution >= 0.6 is 11.6 Å². The number of carbonyl (C=O) groups is 5. The fraction of sp³-hybridized carbons (Fsp3) is 0.154. The molecule has 0 atom stereocenters. The SMILES string of the molecule is COc1cc2nccc(Oc3ccc(N)cc3F)c2cc1OC.COc1cc2nccc(Oc3ccc(NC(=O)N4CCOC4=O)cc3F)c2cc1OC.COc1cc2nccc(Oc3ccc(NC(=O)NCCO)cc3F)c2cc1OC.COc1cc2nccc(Oc3ccc(NC(=O)Oc4ccccc4)cc3F)c2cc1OC.NCCO.O=C(Cl)Oc1ccccc1. The standard InChI is InChI=1S/C24H19FN2O5.C21H18FN3O6.C20H20FN3O5.C17H15FN2O3.C7H5ClO2.C2H7NO/c1-29-22-13-17-19(14-23(22)30-2)26-11-10-20(17)32-21-9-8-15(12-18(21)25)27-24(28)31-16-6-4-3-5-7-16;1-28-18-10-13-15(11-19(18)29-2)23-6-5-16(13)31-17-4-3-12(9-14(17)22)24-20(26)25-7-8-30-21(25)27;1-27-18-10-13-15(11-19(18)28-2)22-6-5-16(13)29-17-4-3-12(9-14(17)21)24-20(26)23-7-8-25;1-21-16-8-11-13(9-17(16)22-2)20-6-5-14(11)23-15-4-3-10(19)7-12(15)18;8-7(9)10-6-4-2-1-3-5-6;3-1-2-4/h3-14H,1-2H3,(H,27,28);3-6,9-11H,7-8H2,1-2H3,(H,24,26);3-6,9-11,25H,7-8H2,1-2H3,(H2,23,24,26);3-9H,19H2,1-2H3;1-5H;4H,1-3H2. The number of pyridine rings is 4. The van der Waals surface area contributed by atoms with Crippen LogP contribution in [0.25, 0.3) is 43.6 Å². The summed E-state index contributed by atoms with van der Waals surface area (Å²) in [5, 5.41) is 28.8. The number of imide groups is 1. The number of methoxy groups -OCH3 is 8. The maximum Gasteiger partial charge on any atom is 0.418 e. The molecule has 1 saturated heterocycles. The van der Waals surface area contributed by atoms with E-state index in [0.717, 1.165) is 23.1 Å². The fourth-order valence-electron chi connectivity index (χ4n) is 11.6. The number of hydrogen-bond donors (Lipinski definition) is 8. The maximum absolute atomic E-state index is 14.7. The van der Waals surface area contributed by atoms with Gasteiger partial charge >= 0.3 is 29.7 Å². The Morgan fingerprint density at radius 3 is 1.05 bits per heavy atom. The second-order valence-electron chi connectivity index (χ2n) is 26.0. The van der Waals surface area contributed by atoms with Crippen molar-refractivity contribution in [1.29, 1.82) is 0 Å². The van der Waals surface area contributed by atoms with Crippen molar-refractivity contribution in [2.75, 3.05) is 118 Å². The van der Waals surface area contributed by atoms with E-state index >= 15 is 0 Å². The molecule has 0 unspecified atom stereocenters. The van der Waals surface area contributed by atoms with E-state index in [1.807, 2.05) is 6.07 Å². The van der Waals surface area contributed by atoms with Gasteiger partial charge in [0.15, 0.2) is 92.3 Å². The number of nitrogen functional groups attached to an aromatic ring is 1. The van der Waals surface area contributed by atoms with E-state index in [4.69, 9.17) is 99.6 Å². The van der Waals surface area contributed by atoms with Gasteiger partial charge in [-0.05, 0) is 121 Å². The summed E-state index contributed by atoms with van der Waals surface area (Å²) in [6.45, 7) is 0.644. The van der Waals surface area contributed by atoms with Gasteiger partial charge in [-0.3, -0.25) is 25.3 Å². The molecule has 0 bridgehead atoms. The molecule has 0 aliphatic carbocycles. The summed E-state index contributed by atoms with van der Waals surface area (Å²) in [6, 6.07) is 52.5. The number of aliphatic hydroxyl groups excluding tert-OH is 2. The van der Waals surface area contributed by atoms with Gasteiger partial charge in [0, 0.05) is 142 Å². The van der Waals surface area contributed by atoms with Gasteiger partial charge in [0.05, 0.1) is 98.7 Å². The monoisotopic (exact) mass is 1790 g/mol. The molecule has 10 aromatic carbocycles. The number of amides is 6. The third-order valence-corrected chi connectivity index (χ3v) is 17.7. The minimum atomic E-state index is -0.814. The van der Waals surface area contributed by atoms with Gasteiger partial charge in [-0.25, -0.2) is 46.4 Å². The summed E-state index contributed by atoms with van der Waals surface area (Å²) in [5.74, 6) is 3.98. The second-order valence-corrected chi connectivity index (χ2v) is 26.3. The van der Waals surface area contributed by atoms with Crippen molar-refractivity contribution < 1.29 is 123 Å². The molecule has 0 spiro atoms. The van der Waals surface area contributed by atoms with E-state index in [9.17, 15) is 41.5 Å². The smallest absolute Gasteiger partial charge is 0.418 e. The fourth-order valence-corrected chi connectivity index (χ4v) is 11.7. The molecule has 129 heavy (non-hydrogen) atoms. The molecule has 1 aliphatic rings. The first-order valence-electron chi connectivity index (χ1n) is 38.3. The van der Waals surface area contributed by atoms with Crippen molar-refractivity contribution >= 4 is 108 Å². The number of benzene rings is 10. The van der Waals surface area contributed by atoms with E-state index in [1.54, 1.807) is 166 Å². The van der Waals surface area contributed by atoms with Crippen LogP contribution in [0.1, 0.15) is 0 Å². The van der Waals surface area contributed by atoms with Gasteiger partial charge in [0.1, 0.15) is 41.1 Å². The number of halogens is 5. The third kappa shape index (κ3) is 26.2. The Morgan fingerprint density at radius 1 is 0.411 bits per heavy atom. The third-order valence-electron chi connectivity index (χ3n) is 17.6. The van der Waals surface area contributed by atoms with Crippen LogP contribution in [0, 0.1) is 23.3 Å². The lowest BCUT2D eigenvalue weighted by atomic mass is 10.2. The van der Waals surface area contributed by atoms with Crippen molar-refractivity contribution in [1.82, 2.24) is 30.2 Å². The number of fused-ring (bicyclic) bond motifs is 4. The maximum atomic E-state index is 14.7. The highest BCUT2D eigenvalue weighted by Gasteiger charge is 2.29. The number of anilines is 4. The molecule has 4 aromatic heterocycles. The Labute approximate surface area is 738 Å². The summed E-state index contributed by atoms with van der Waals surface area (Å²) < 4.78 is 138. The number of carbonyl (C=O) groups excluding carboxylic acids is 5. The van der Waals surface area contributed by atoms with Gasteiger partial charge in [0.25, 0.3) is 0 Å². The van der Waals surface area contributed by atoms with Gasteiger partial charge in [0.2, 0.25) is 0 Å². The van der Waals surface area contributed by atoms with Crippen LogP contribution < -0.4 is 99.1 Å². The number of hydrogen-bond acceptors (Lipinski definition) is 28. The molecule has 33 nitrogen and oxygen atoms in total. The zero-order chi connectivity index (χ0) is 92.5. The first kappa shape index (κ1) is 95.1. The number of aromatic nitrogens is 4. The van der Waals surface area contributed by atoms with Gasteiger partial charge in [-0.15, -0.1) is 0 Å². The lowest BCUT2D eigenvalue weighted by molar-refractivity contribution is 0.161. The molecule has 5 heterocycles. The van der Waals surface area contributed by atoms with Gasteiger partial charge < -0.3 is 109 Å². The molecule has 0 saturated carbocycles. The molecule has 670 valence electrons. The lowest BCUT2D eigenvalue weighted by Gasteiger charge is -2.14. The van der Waals surface area contributed by atoms with Crippen LogP contribution in [0.2, 0.25) is 0 Å². The van der Waals surface area contributed by atoms with Crippen molar-refractivity contribution in [2.45, 2.75) is 0 Å². The van der Waals surface area contributed by atoms with E-state index in [-0.39, 0.29) is 73.0 Å². The van der Waals surface area contributed by atoms with Crippen molar-refractivity contribution in [2.24, 2.45) is 5.73 Å². The summed E-state index contributed by atoms with van der Waals surface area (Å²) in [6.07, 6.45) is 4.74. The molecule has 0 radical (unpaired) electrons. The van der Waals surface area contributed by atoms with Crippen LogP contribution in [0.15, 0.2) is 231 Å². The van der Waals surface area contributed by atoms with E-state index in [2.05, 4.69) is 45.9 Å². The average molecular weight is 1800 g/mol. The lowest BCUT2D eigenvalue weighted by Crippen LogP contribution is -2.35. The van der Waals surface area contributed by atoms with Crippen LogP contribution in [-0.2, 0) is 4.74 Å². The average Bonchev–Trinajstić information content (AvgIpc) is 0.935. The Balaban J connectivity index is 0.000000171. The number of cyclic esters (lactones) is 1. The largest absolute Gasteiger partial charge is 0.493 e. The Bertz CT molecular complexity index is 6250. The molecule has 1 fully saturated rings. The molecule has 14 aromatic rings. The van der Waals surface area contributed by atoms with Crippen LogP contribution in [0.5, 0.6) is 103 Å². The number of nitrogens with two attached hydrogens (primary N) is 2. The first-order valence-corrected chi connectivity index (χ1v) is 38.7. The number of urea groups is 2. The van der Waals surface area contributed by atoms with E-state index in [1.165, 1.54) is 97.4 Å². The van der Waals surface area contributed by atoms with Gasteiger partial charge in [-0.2, -0.15) is 0 Å². The summed E-state index contributed by atoms with van der Waals surface area (Å²) in [4.78, 5) is 75.4. The Morgan fingerprint density at radius 2 is 0.736 bits per heavy atom. The summed E-state index contributed by atoms with van der Waals surface area (Å²) in [5.41, 5.74) is 12.9. The number of nitrogens with zero attached hydrogens (tertiary/aromatic N) is 5. The molecule has 1 aliphatic heterocycles.